The molecule has 6 heteroatoms. The molecule has 1 saturated carbocycles. The van der Waals surface area contributed by atoms with Gasteiger partial charge in [0, 0.05) is 17.8 Å². The number of benzene rings is 1. The second-order valence-corrected chi connectivity index (χ2v) is 12.2. The average Bonchev–Trinajstić information content (AvgIpc) is 3.02. The molecule has 0 N–H and O–H groups in total. The Morgan fingerprint density at radius 3 is 2.12 bits per heavy atom. The van der Waals surface area contributed by atoms with Crippen LogP contribution in [0.4, 0.5) is 5.69 Å². The number of fused-ring (bicyclic) bond motifs is 1. The fraction of sp³-hybridized carbons (Fsp3) is 0.731. The third kappa shape index (κ3) is 3.36. The Kier molecular flexibility index (Phi) is 5.13. The van der Waals surface area contributed by atoms with Crippen LogP contribution in [0.3, 0.4) is 0 Å². The molecule has 5 rings (SSSR count). The number of anilines is 1. The lowest BCUT2D eigenvalue weighted by atomic mass is 9.76. The maximum Gasteiger partial charge on any atom is 0.494 e. The van der Waals surface area contributed by atoms with E-state index in [0.29, 0.717) is 12.1 Å². The Bertz CT molecular complexity index is 898. The van der Waals surface area contributed by atoms with Crippen LogP contribution in [0.15, 0.2) is 18.2 Å². The number of likely N-dealkylation sites (tertiary alicyclic amines) is 1. The van der Waals surface area contributed by atoms with E-state index in [-0.39, 0.29) is 17.1 Å². The minimum atomic E-state index is -0.491. The molecule has 0 atom stereocenters. The highest BCUT2D eigenvalue weighted by molar-refractivity contribution is 6.62. The van der Waals surface area contributed by atoms with Crippen molar-refractivity contribution < 1.29 is 14.1 Å². The van der Waals surface area contributed by atoms with Gasteiger partial charge in [0.2, 0.25) is 5.91 Å². The van der Waals surface area contributed by atoms with Crippen molar-refractivity contribution in [2.45, 2.75) is 103 Å². The first-order chi connectivity index (χ1) is 14.9. The van der Waals surface area contributed by atoms with E-state index < -0.39 is 12.5 Å². The second-order valence-electron chi connectivity index (χ2n) is 12.2. The van der Waals surface area contributed by atoms with Gasteiger partial charge in [0.05, 0.1) is 16.6 Å². The summed E-state index contributed by atoms with van der Waals surface area (Å²) in [7, 11) is -0.407. The molecule has 0 unspecified atom stereocenters. The molecule has 0 aromatic heterocycles. The molecule has 0 spiro atoms. The predicted molar refractivity (Wildman–Crippen MR) is 129 cm³/mol. The molecule has 1 aromatic carbocycles. The average molecular weight is 438 g/mol. The molecule has 0 bridgehead atoms. The van der Waals surface area contributed by atoms with Gasteiger partial charge in [-0.15, -0.1) is 0 Å². The van der Waals surface area contributed by atoms with Gasteiger partial charge in [-0.25, -0.2) is 0 Å². The fourth-order valence-electron chi connectivity index (χ4n) is 5.75. The van der Waals surface area contributed by atoms with Crippen molar-refractivity contribution in [1.82, 2.24) is 4.90 Å². The lowest BCUT2D eigenvalue weighted by Gasteiger charge is -2.48. The van der Waals surface area contributed by atoms with E-state index in [1.165, 1.54) is 25.9 Å². The van der Waals surface area contributed by atoms with E-state index in [0.717, 1.165) is 35.5 Å². The zero-order chi connectivity index (χ0) is 23.1. The summed E-state index contributed by atoms with van der Waals surface area (Å²) < 4.78 is 12.6. The maximum absolute atomic E-state index is 13.5. The largest absolute Gasteiger partial charge is 0.494 e. The summed E-state index contributed by atoms with van der Waals surface area (Å²) in [6.07, 6.45) is 4.76. The number of carbonyl (C=O) groups is 1. The fourth-order valence-corrected chi connectivity index (χ4v) is 5.75. The first-order valence-corrected chi connectivity index (χ1v) is 12.5. The van der Waals surface area contributed by atoms with E-state index in [9.17, 15) is 4.79 Å². The molecule has 3 heterocycles. The van der Waals surface area contributed by atoms with Crippen molar-refractivity contribution in [3.63, 3.8) is 0 Å². The number of amides is 1. The topological polar surface area (TPSA) is 42.0 Å². The van der Waals surface area contributed by atoms with E-state index in [1.54, 1.807) is 0 Å². The predicted octanol–water partition coefficient (Wildman–Crippen LogP) is 3.87. The number of carbonyl (C=O) groups excluding carboxylic acids is 1. The molecule has 4 aliphatic rings. The molecule has 5 nitrogen and oxygen atoms in total. The molecule has 3 fully saturated rings. The molecule has 1 aliphatic carbocycles. The second kappa shape index (κ2) is 7.32. The summed E-state index contributed by atoms with van der Waals surface area (Å²) in [5, 5.41) is 0. The molecule has 32 heavy (non-hydrogen) atoms. The van der Waals surface area contributed by atoms with Crippen LogP contribution in [0.5, 0.6) is 0 Å². The molecular formula is C26H39BN2O3. The zero-order valence-corrected chi connectivity index (χ0v) is 20.9. The van der Waals surface area contributed by atoms with E-state index in [2.05, 4.69) is 76.5 Å². The molecule has 1 aromatic rings. The highest BCUT2D eigenvalue weighted by Crippen LogP contribution is 2.46. The zero-order valence-electron chi connectivity index (χ0n) is 20.9. The summed E-state index contributed by atoms with van der Waals surface area (Å²) in [5.41, 5.74) is 1.94. The van der Waals surface area contributed by atoms with Gasteiger partial charge in [0.1, 0.15) is 0 Å². The van der Waals surface area contributed by atoms with Crippen molar-refractivity contribution in [1.29, 1.82) is 0 Å². The summed E-state index contributed by atoms with van der Waals surface area (Å²) in [6.45, 7) is 17.2. The number of rotatable bonds is 3. The summed E-state index contributed by atoms with van der Waals surface area (Å²) in [5.74, 6) is 1.08. The van der Waals surface area contributed by atoms with Gasteiger partial charge < -0.3 is 19.1 Å². The van der Waals surface area contributed by atoms with Gasteiger partial charge in [-0.05, 0) is 103 Å². The Morgan fingerprint density at radius 2 is 1.53 bits per heavy atom. The molecule has 1 amide bonds. The van der Waals surface area contributed by atoms with Crippen molar-refractivity contribution >= 4 is 24.2 Å². The van der Waals surface area contributed by atoms with Crippen molar-refractivity contribution in [3.8, 4) is 0 Å². The van der Waals surface area contributed by atoms with Crippen LogP contribution in [0.2, 0.25) is 0 Å². The lowest BCUT2D eigenvalue weighted by molar-refractivity contribution is -0.123. The number of nitrogens with zero attached hydrogens (tertiary/aromatic N) is 2. The monoisotopic (exact) mass is 438 g/mol. The number of hydrogen-bond acceptors (Lipinski definition) is 4. The quantitative estimate of drug-likeness (QED) is 0.672. The van der Waals surface area contributed by atoms with Gasteiger partial charge in [0.25, 0.3) is 0 Å². The molecule has 3 aliphatic heterocycles. The lowest BCUT2D eigenvalue weighted by Crippen LogP contribution is -2.57. The standard InChI is InChI=1S/C26H39BN2O3/c1-17-10-12-28(13-11-17)19-15-20(16-19)29-22-14-18(8-9-21(22)24(2,3)23(29)30)27-31-25(4,5)26(6,7)32-27/h8-9,14,17,19-20H,10-13,15-16H2,1-7H3/t19-,20+. The Labute approximate surface area is 194 Å². The summed E-state index contributed by atoms with van der Waals surface area (Å²) in [4.78, 5) is 18.3. The van der Waals surface area contributed by atoms with Crippen LogP contribution in [0.25, 0.3) is 0 Å². The van der Waals surface area contributed by atoms with Gasteiger partial charge in [-0.1, -0.05) is 19.1 Å². The van der Waals surface area contributed by atoms with Gasteiger partial charge in [-0.2, -0.15) is 0 Å². The van der Waals surface area contributed by atoms with Crippen molar-refractivity contribution in [2.24, 2.45) is 5.92 Å². The maximum atomic E-state index is 13.5. The van der Waals surface area contributed by atoms with E-state index >= 15 is 0 Å². The summed E-state index contributed by atoms with van der Waals surface area (Å²) >= 11 is 0. The third-order valence-corrected chi connectivity index (χ3v) is 9.02. The van der Waals surface area contributed by atoms with Crippen molar-refractivity contribution in [3.05, 3.63) is 23.8 Å². The van der Waals surface area contributed by atoms with Crippen LogP contribution in [-0.4, -0.2) is 54.3 Å². The van der Waals surface area contributed by atoms with Crippen LogP contribution >= 0.6 is 0 Å². The first kappa shape index (κ1) is 22.4. The Morgan fingerprint density at radius 1 is 0.938 bits per heavy atom. The highest BCUT2D eigenvalue weighted by atomic mass is 16.7. The Hall–Kier alpha value is -1.37. The van der Waals surface area contributed by atoms with Crippen LogP contribution in [0, 0.1) is 5.92 Å². The smallest absolute Gasteiger partial charge is 0.399 e. The highest BCUT2D eigenvalue weighted by Gasteiger charge is 2.54. The molecule has 2 saturated heterocycles. The number of hydrogen-bond donors (Lipinski definition) is 0. The van der Waals surface area contributed by atoms with Gasteiger partial charge >= 0.3 is 7.12 Å². The molecule has 174 valence electrons. The van der Waals surface area contributed by atoms with Crippen LogP contribution in [-0.2, 0) is 19.5 Å². The number of piperidine rings is 1. The van der Waals surface area contributed by atoms with Crippen molar-refractivity contribution in [2.75, 3.05) is 18.0 Å². The summed E-state index contributed by atoms with van der Waals surface area (Å²) in [6, 6.07) is 7.27. The SMILES string of the molecule is CC1CCN([C@H]2C[C@@H](N3C(=O)C(C)(C)c4ccc(B5OC(C)(C)C(C)(C)O5)cc43)C2)CC1. The minimum absolute atomic E-state index is 0.231. The van der Waals surface area contributed by atoms with Gasteiger partial charge in [0.15, 0.2) is 0 Å². The minimum Gasteiger partial charge on any atom is -0.399 e. The third-order valence-electron chi connectivity index (χ3n) is 9.02. The van der Waals surface area contributed by atoms with Gasteiger partial charge in [-0.3, -0.25) is 4.79 Å². The first-order valence-electron chi connectivity index (χ1n) is 12.5. The van der Waals surface area contributed by atoms with Crippen LogP contribution in [0.1, 0.15) is 79.7 Å². The van der Waals surface area contributed by atoms with Crippen LogP contribution < -0.4 is 10.4 Å². The molecular weight excluding hydrogens is 399 g/mol. The van der Waals surface area contributed by atoms with E-state index in [4.69, 9.17) is 9.31 Å². The van der Waals surface area contributed by atoms with E-state index in [1.807, 2.05) is 0 Å². The normalized spacial score (nSPS) is 31.7. The Balaban J connectivity index is 1.38. The molecule has 0 radical (unpaired) electrons.